The van der Waals surface area contributed by atoms with Gasteiger partial charge in [0, 0.05) is 45.3 Å². The van der Waals surface area contributed by atoms with E-state index in [9.17, 15) is 0 Å². The molecular formula is C15H27N3O2S. The van der Waals surface area contributed by atoms with Crippen LogP contribution < -0.4 is 10.2 Å². The second-order valence-corrected chi connectivity index (χ2v) is 6.43. The summed E-state index contributed by atoms with van der Waals surface area (Å²) in [5.41, 5.74) is 1.08. The van der Waals surface area contributed by atoms with Crippen LogP contribution in [0.1, 0.15) is 36.3 Å². The maximum absolute atomic E-state index is 5.29. The summed E-state index contributed by atoms with van der Waals surface area (Å²) in [6.07, 6.45) is 5.25. The summed E-state index contributed by atoms with van der Waals surface area (Å²) >= 11 is 1.80. The molecule has 0 spiro atoms. The van der Waals surface area contributed by atoms with E-state index >= 15 is 0 Å². The van der Waals surface area contributed by atoms with Crippen molar-refractivity contribution in [3.8, 4) is 0 Å². The van der Waals surface area contributed by atoms with Gasteiger partial charge in [0.05, 0.1) is 18.9 Å². The first kappa shape index (κ1) is 16.7. The number of ether oxygens (including phenoxy) is 2. The van der Waals surface area contributed by atoms with Crippen molar-refractivity contribution in [2.45, 2.75) is 38.8 Å². The number of rotatable bonds is 8. The zero-order valence-electron chi connectivity index (χ0n) is 13.2. The third kappa shape index (κ3) is 5.21. The molecule has 0 bridgehead atoms. The van der Waals surface area contributed by atoms with Crippen LogP contribution in [0.5, 0.6) is 0 Å². The van der Waals surface area contributed by atoms with Gasteiger partial charge in [-0.05, 0) is 12.8 Å². The smallest absolute Gasteiger partial charge is 0.185 e. The lowest BCUT2D eigenvalue weighted by Gasteiger charge is -2.18. The van der Waals surface area contributed by atoms with Crippen molar-refractivity contribution in [3.05, 3.63) is 10.6 Å². The predicted molar refractivity (Wildman–Crippen MR) is 87.1 cm³/mol. The van der Waals surface area contributed by atoms with Crippen molar-refractivity contribution in [1.29, 1.82) is 0 Å². The SMILES string of the molecule is COCCNCc1sc(N2CCCCCC2)nc1COC. The highest BCUT2D eigenvalue weighted by Gasteiger charge is 2.17. The topological polar surface area (TPSA) is 46.6 Å². The Labute approximate surface area is 131 Å². The maximum atomic E-state index is 5.29. The Morgan fingerprint density at radius 3 is 2.57 bits per heavy atom. The second kappa shape index (κ2) is 9.35. The van der Waals surface area contributed by atoms with Crippen molar-refractivity contribution < 1.29 is 9.47 Å². The van der Waals surface area contributed by atoms with Gasteiger partial charge in [-0.3, -0.25) is 0 Å². The molecule has 2 rings (SSSR count). The standard InChI is InChI=1S/C15H27N3O2S/c1-19-10-7-16-11-14-13(12-20-2)17-15(21-14)18-8-5-3-4-6-9-18/h16H,3-12H2,1-2H3. The zero-order chi connectivity index (χ0) is 14.9. The van der Waals surface area contributed by atoms with Crippen LogP contribution in [0, 0.1) is 0 Å². The van der Waals surface area contributed by atoms with Gasteiger partial charge in [-0.25, -0.2) is 4.98 Å². The first-order valence-electron chi connectivity index (χ1n) is 7.77. The molecule has 1 aromatic heterocycles. The van der Waals surface area contributed by atoms with Crippen molar-refractivity contribution >= 4 is 16.5 Å². The van der Waals surface area contributed by atoms with E-state index < -0.39 is 0 Å². The highest BCUT2D eigenvalue weighted by molar-refractivity contribution is 7.15. The fourth-order valence-corrected chi connectivity index (χ4v) is 3.62. The van der Waals surface area contributed by atoms with Crippen LogP contribution in [-0.4, -0.2) is 45.4 Å². The van der Waals surface area contributed by atoms with Crippen LogP contribution >= 0.6 is 11.3 Å². The number of methoxy groups -OCH3 is 2. The molecule has 0 aliphatic carbocycles. The molecule has 1 saturated heterocycles. The third-order valence-corrected chi connectivity index (χ3v) is 4.85. The molecule has 1 aliphatic rings. The first-order valence-corrected chi connectivity index (χ1v) is 8.59. The van der Waals surface area contributed by atoms with E-state index in [1.165, 1.54) is 30.6 Å². The second-order valence-electron chi connectivity index (χ2n) is 5.37. The Bertz CT molecular complexity index is 404. The fraction of sp³-hybridized carbons (Fsp3) is 0.800. The number of hydrogen-bond donors (Lipinski definition) is 1. The molecule has 0 saturated carbocycles. The van der Waals surface area contributed by atoms with Gasteiger partial charge in [0.1, 0.15) is 0 Å². The van der Waals surface area contributed by atoms with Gasteiger partial charge in [-0.15, -0.1) is 11.3 Å². The molecule has 1 aromatic rings. The van der Waals surface area contributed by atoms with E-state index in [2.05, 4.69) is 10.2 Å². The number of anilines is 1. The summed E-state index contributed by atoms with van der Waals surface area (Å²) in [6, 6.07) is 0. The minimum atomic E-state index is 0.589. The summed E-state index contributed by atoms with van der Waals surface area (Å²) in [4.78, 5) is 8.54. The molecule has 0 aromatic carbocycles. The van der Waals surface area contributed by atoms with Gasteiger partial charge in [0.2, 0.25) is 0 Å². The normalized spacial score (nSPS) is 16.2. The van der Waals surface area contributed by atoms with Crippen LogP contribution in [0.25, 0.3) is 0 Å². The molecule has 1 N–H and O–H groups in total. The average Bonchev–Trinajstić information content (AvgIpc) is 2.72. The molecule has 120 valence electrons. The number of thiazole rings is 1. The largest absolute Gasteiger partial charge is 0.383 e. The van der Waals surface area contributed by atoms with Gasteiger partial charge in [0.25, 0.3) is 0 Å². The lowest BCUT2D eigenvalue weighted by atomic mass is 10.2. The molecule has 0 amide bonds. The van der Waals surface area contributed by atoms with E-state index in [1.54, 1.807) is 25.6 Å². The van der Waals surface area contributed by atoms with Crippen LogP contribution in [0.4, 0.5) is 5.13 Å². The molecule has 0 radical (unpaired) electrons. The number of nitrogens with one attached hydrogen (secondary N) is 1. The molecular weight excluding hydrogens is 286 g/mol. The highest BCUT2D eigenvalue weighted by Crippen LogP contribution is 2.28. The summed E-state index contributed by atoms with van der Waals surface area (Å²) < 4.78 is 10.4. The van der Waals surface area contributed by atoms with E-state index in [1.807, 2.05) is 0 Å². The van der Waals surface area contributed by atoms with Gasteiger partial charge in [0.15, 0.2) is 5.13 Å². The Morgan fingerprint density at radius 1 is 1.14 bits per heavy atom. The van der Waals surface area contributed by atoms with Crippen LogP contribution in [-0.2, 0) is 22.6 Å². The van der Waals surface area contributed by atoms with Crippen molar-refractivity contribution in [2.24, 2.45) is 0 Å². The van der Waals surface area contributed by atoms with E-state index in [0.717, 1.165) is 43.6 Å². The minimum absolute atomic E-state index is 0.589. The van der Waals surface area contributed by atoms with Crippen LogP contribution in [0.2, 0.25) is 0 Å². The fourth-order valence-electron chi connectivity index (χ4n) is 2.53. The Morgan fingerprint density at radius 2 is 1.90 bits per heavy atom. The van der Waals surface area contributed by atoms with Crippen molar-refractivity contribution in [2.75, 3.05) is 45.4 Å². The summed E-state index contributed by atoms with van der Waals surface area (Å²) in [7, 11) is 3.45. The number of nitrogens with zero attached hydrogens (tertiary/aromatic N) is 2. The molecule has 2 heterocycles. The molecule has 5 nitrogen and oxygen atoms in total. The van der Waals surface area contributed by atoms with Crippen LogP contribution in [0.15, 0.2) is 0 Å². The Kier molecular flexibility index (Phi) is 7.43. The van der Waals surface area contributed by atoms with E-state index in [4.69, 9.17) is 14.5 Å². The van der Waals surface area contributed by atoms with Gasteiger partial charge >= 0.3 is 0 Å². The van der Waals surface area contributed by atoms with Gasteiger partial charge in [-0.2, -0.15) is 0 Å². The first-order chi connectivity index (χ1) is 10.3. The summed E-state index contributed by atoms with van der Waals surface area (Å²) in [5.74, 6) is 0. The van der Waals surface area contributed by atoms with Gasteiger partial charge < -0.3 is 19.7 Å². The summed E-state index contributed by atoms with van der Waals surface area (Å²) in [5, 5.41) is 4.56. The molecule has 0 unspecified atom stereocenters. The van der Waals surface area contributed by atoms with E-state index in [-0.39, 0.29) is 0 Å². The Hall–Kier alpha value is -0.690. The third-order valence-electron chi connectivity index (χ3n) is 3.69. The molecule has 0 atom stereocenters. The number of hydrogen-bond acceptors (Lipinski definition) is 6. The van der Waals surface area contributed by atoms with Crippen LogP contribution in [0.3, 0.4) is 0 Å². The van der Waals surface area contributed by atoms with Gasteiger partial charge in [-0.1, -0.05) is 12.8 Å². The molecule has 21 heavy (non-hydrogen) atoms. The minimum Gasteiger partial charge on any atom is -0.383 e. The molecule has 6 heteroatoms. The predicted octanol–water partition coefficient (Wildman–Crippen LogP) is 2.41. The monoisotopic (exact) mass is 313 g/mol. The quantitative estimate of drug-likeness (QED) is 0.747. The van der Waals surface area contributed by atoms with Crippen molar-refractivity contribution in [3.63, 3.8) is 0 Å². The highest BCUT2D eigenvalue weighted by atomic mass is 32.1. The number of aromatic nitrogens is 1. The van der Waals surface area contributed by atoms with Crippen molar-refractivity contribution in [1.82, 2.24) is 10.3 Å². The molecule has 1 fully saturated rings. The zero-order valence-corrected chi connectivity index (χ0v) is 14.0. The summed E-state index contributed by atoms with van der Waals surface area (Å²) in [6.45, 7) is 5.30. The molecule has 1 aliphatic heterocycles. The lowest BCUT2D eigenvalue weighted by Crippen LogP contribution is -2.23. The maximum Gasteiger partial charge on any atom is 0.185 e. The average molecular weight is 313 g/mol. The Balaban J connectivity index is 2.00. The van der Waals surface area contributed by atoms with E-state index in [0.29, 0.717) is 6.61 Å². The lowest BCUT2D eigenvalue weighted by molar-refractivity contribution is 0.181.